The Morgan fingerprint density at radius 2 is 2.00 bits per heavy atom. The molecular weight excluding hydrogens is 371 g/mol. The van der Waals surface area contributed by atoms with E-state index in [1.54, 1.807) is 41.4 Å². The number of amides is 1. The first-order chi connectivity index (χ1) is 13.7. The zero-order valence-electron chi connectivity index (χ0n) is 16.9. The van der Waals surface area contributed by atoms with Crippen LogP contribution in [0.15, 0.2) is 42.6 Å². The van der Waals surface area contributed by atoms with Crippen molar-refractivity contribution in [2.24, 2.45) is 5.41 Å². The van der Waals surface area contributed by atoms with E-state index in [1.165, 1.54) is 6.07 Å². The molecule has 29 heavy (non-hydrogen) atoms. The van der Waals surface area contributed by atoms with E-state index in [9.17, 15) is 9.18 Å². The smallest absolute Gasteiger partial charge is 0.291 e. The molecule has 0 unspecified atom stereocenters. The second-order valence-electron chi connectivity index (χ2n) is 8.42. The Kier molecular flexibility index (Phi) is 4.61. The van der Waals surface area contributed by atoms with Gasteiger partial charge in [0.1, 0.15) is 0 Å². The zero-order valence-corrected chi connectivity index (χ0v) is 16.9. The van der Waals surface area contributed by atoms with Crippen LogP contribution in [0.4, 0.5) is 4.39 Å². The molecule has 3 aromatic rings. The Morgan fingerprint density at radius 3 is 2.66 bits per heavy atom. The molecule has 0 fully saturated rings. The topological polar surface area (TPSA) is 60.2 Å². The van der Waals surface area contributed by atoms with E-state index < -0.39 is 5.82 Å². The fourth-order valence-electron chi connectivity index (χ4n) is 3.56. The summed E-state index contributed by atoms with van der Waals surface area (Å²) in [5.41, 5.74) is 2.07. The van der Waals surface area contributed by atoms with Crippen molar-refractivity contribution in [3.63, 3.8) is 0 Å². The number of rotatable bonds is 4. The second-order valence-corrected chi connectivity index (χ2v) is 8.42. The molecule has 1 aliphatic rings. The fourth-order valence-corrected chi connectivity index (χ4v) is 3.56. The molecule has 6 nitrogen and oxygen atoms in total. The number of aromatic nitrogens is 3. The molecule has 0 aliphatic carbocycles. The van der Waals surface area contributed by atoms with Crippen LogP contribution >= 0.6 is 0 Å². The van der Waals surface area contributed by atoms with Gasteiger partial charge in [0.25, 0.3) is 5.91 Å². The van der Waals surface area contributed by atoms with E-state index in [4.69, 9.17) is 4.74 Å². The molecule has 7 heteroatoms. The number of pyridine rings is 1. The predicted octanol–water partition coefficient (Wildman–Crippen LogP) is 4.64. The molecular formula is C22H23FN4O2. The average molecular weight is 394 g/mol. The first kappa shape index (κ1) is 19.1. The Hall–Kier alpha value is -3.22. The number of carbonyl (C=O) groups excluding carboxylic acids is 1. The van der Waals surface area contributed by atoms with Crippen molar-refractivity contribution in [3.8, 4) is 22.9 Å². The minimum Gasteiger partial charge on any atom is -0.436 e. The van der Waals surface area contributed by atoms with Gasteiger partial charge in [0, 0.05) is 24.4 Å². The highest BCUT2D eigenvalue weighted by Gasteiger charge is 2.34. The quantitative estimate of drug-likeness (QED) is 0.647. The van der Waals surface area contributed by atoms with Crippen LogP contribution in [0.1, 0.15) is 37.1 Å². The summed E-state index contributed by atoms with van der Waals surface area (Å²) in [6.07, 6.45) is 1.58. The summed E-state index contributed by atoms with van der Waals surface area (Å²) in [6, 6.07) is 9.95. The SMILES string of the molecule is Cc1nc2n(c1-c1ccc(Oc3ccccn3)c(F)c1)CN(CC(C)(C)C)C2=O. The number of carbonyl (C=O) groups is 1. The van der Waals surface area contributed by atoms with Crippen LogP contribution < -0.4 is 4.74 Å². The molecule has 0 atom stereocenters. The van der Waals surface area contributed by atoms with E-state index in [0.29, 0.717) is 36.2 Å². The van der Waals surface area contributed by atoms with Gasteiger partial charge >= 0.3 is 0 Å². The van der Waals surface area contributed by atoms with Gasteiger partial charge in [0.05, 0.1) is 18.1 Å². The molecule has 1 aromatic carbocycles. The molecule has 0 saturated carbocycles. The Balaban J connectivity index is 1.65. The van der Waals surface area contributed by atoms with Crippen LogP contribution in [-0.2, 0) is 6.67 Å². The van der Waals surface area contributed by atoms with Gasteiger partial charge in [-0.15, -0.1) is 0 Å². The number of imidazole rings is 1. The van der Waals surface area contributed by atoms with Crippen molar-refractivity contribution in [2.45, 2.75) is 34.4 Å². The van der Waals surface area contributed by atoms with Gasteiger partial charge in [-0.05, 0) is 36.6 Å². The number of hydrogen-bond donors (Lipinski definition) is 0. The zero-order chi connectivity index (χ0) is 20.8. The maximum atomic E-state index is 14.7. The minimum absolute atomic E-state index is 0.0224. The highest BCUT2D eigenvalue weighted by Crippen LogP contribution is 2.33. The first-order valence-electron chi connectivity index (χ1n) is 9.48. The lowest BCUT2D eigenvalue weighted by Gasteiger charge is -2.26. The molecule has 0 bridgehead atoms. The molecule has 4 rings (SSSR count). The fraction of sp³-hybridized carbons (Fsp3) is 0.318. The summed E-state index contributed by atoms with van der Waals surface area (Å²) in [7, 11) is 0. The summed E-state index contributed by atoms with van der Waals surface area (Å²) in [5, 5.41) is 0. The number of hydrogen-bond acceptors (Lipinski definition) is 4. The molecule has 0 N–H and O–H groups in total. The normalized spacial score (nSPS) is 13.7. The van der Waals surface area contributed by atoms with Crippen molar-refractivity contribution >= 4 is 5.91 Å². The molecule has 1 aliphatic heterocycles. The van der Waals surface area contributed by atoms with E-state index >= 15 is 0 Å². The number of nitrogens with zero attached hydrogens (tertiary/aromatic N) is 4. The third-order valence-electron chi connectivity index (χ3n) is 4.66. The molecule has 150 valence electrons. The lowest BCUT2D eigenvalue weighted by Crippen LogP contribution is -2.33. The van der Waals surface area contributed by atoms with Crippen LogP contribution in [0.3, 0.4) is 0 Å². The highest BCUT2D eigenvalue weighted by atomic mass is 19.1. The largest absolute Gasteiger partial charge is 0.436 e. The van der Waals surface area contributed by atoms with Crippen molar-refractivity contribution in [2.75, 3.05) is 6.54 Å². The van der Waals surface area contributed by atoms with Gasteiger partial charge in [-0.25, -0.2) is 14.4 Å². The van der Waals surface area contributed by atoms with Crippen LogP contribution in [-0.4, -0.2) is 31.9 Å². The summed E-state index contributed by atoms with van der Waals surface area (Å²) in [5.74, 6) is 0.223. The van der Waals surface area contributed by atoms with Gasteiger partial charge in [0.15, 0.2) is 11.6 Å². The highest BCUT2D eigenvalue weighted by molar-refractivity contribution is 5.94. The Morgan fingerprint density at radius 1 is 1.21 bits per heavy atom. The maximum absolute atomic E-state index is 14.7. The number of benzene rings is 1. The molecule has 3 heterocycles. The van der Waals surface area contributed by atoms with E-state index in [1.807, 2.05) is 11.5 Å². The van der Waals surface area contributed by atoms with Crippen molar-refractivity contribution in [1.29, 1.82) is 0 Å². The predicted molar refractivity (Wildman–Crippen MR) is 107 cm³/mol. The second kappa shape index (κ2) is 6.99. The molecule has 0 spiro atoms. The first-order valence-corrected chi connectivity index (χ1v) is 9.48. The average Bonchev–Trinajstić information content (AvgIpc) is 3.11. The van der Waals surface area contributed by atoms with Crippen LogP contribution in [0.2, 0.25) is 0 Å². The monoisotopic (exact) mass is 394 g/mol. The third kappa shape index (κ3) is 3.72. The third-order valence-corrected chi connectivity index (χ3v) is 4.66. The maximum Gasteiger partial charge on any atom is 0.291 e. The van der Waals surface area contributed by atoms with Crippen LogP contribution in [0.5, 0.6) is 11.6 Å². The van der Waals surface area contributed by atoms with Gasteiger partial charge in [0.2, 0.25) is 11.7 Å². The number of fused-ring (bicyclic) bond motifs is 1. The van der Waals surface area contributed by atoms with Gasteiger partial charge in [-0.2, -0.15) is 0 Å². The van der Waals surface area contributed by atoms with Gasteiger partial charge in [-0.1, -0.05) is 26.8 Å². The molecule has 0 radical (unpaired) electrons. The van der Waals surface area contributed by atoms with Crippen molar-refractivity contribution in [1.82, 2.24) is 19.4 Å². The van der Waals surface area contributed by atoms with Gasteiger partial charge in [-0.3, -0.25) is 4.79 Å². The Labute approximate surface area is 169 Å². The lowest BCUT2D eigenvalue weighted by molar-refractivity contribution is 0.0703. The standard InChI is InChI=1S/C22H23FN4O2/c1-14-19(27-13-26(12-22(2,3)4)21(28)20(27)25-14)15-8-9-17(16(23)11-15)29-18-7-5-6-10-24-18/h5-11H,12-13H2,1-4H3. The van der Waals surface area contributed by atoms with Gasteiger partial charge < -0.3 is 14.2 Å². The summed E-state index contributed by atoms with van der Waals surface area (Å²) in [6.45, 7) is 9.13. The molecule has 1 amide bonds. The molecule has 2 aromatic heterocycles. The number of ether oxygens (including phenoxy) is 1. The van der Waals surface area contributed by atoms with E-state index in [2.05, 4.69) is 30.7 Å². The van der Waals surface area contributed by atoms with Crippen molar-refractivity contribution in [3.05, 3.63) is 59.9 Å². The number of halogens is 1. The number of aryl methyl sites for hydroxylation is 1. The lowest BCUT2D eigenvalue weighted by atomic mass is 9.96. The van der Waals surface area contributed by atoms with Crippen LogP contribution in [0.25, 0.3) is 11.3 Å². The molecule has 0 saturated heterocycles. The van der Waals surface area contributed by atoms with Crippen LogP contribution in [0, 0.1) is 18.2 Å². The summed E-state index contributed by atoms with van der Waals surface area (Å²) >= 11 is 0. The minimum atomic E-state index is -0.501. The van der Waals surface area contributed by atoms with Crippen molar-refractivity contribution < 1.29 is 13.9 Å². The summed E-state index contributed by atoms with van der Waals surface area (Å²) < 4.78 is 22.1. The van der Waals surface area contributed by atoms with E-state index in [-0.39, 0.29) is 17.1 Å². The summed E-state index contributed by atoms with van der Waals surface area (Å²) in [4.78, 5) is 23.0. The van der Waals surface area contributed by atoms with E-state index in [0.717, 1.165) is 5.69 Å². The Bertz CT molecular complexity index is 1070.